The summed E-state index contributed by atoms with van der Waals surface area (Å²) in [5, 5.41) is 10.0. The van der Waals surface area contributed by atoms with Crippen LogP contribution >= 0.6 is 11.3 Å². The van der Waals surface area contributed by atoms with E-state index in [1.54, 1.807) is 6.92 Å². The van der Waals surface area contributed by atoms with Gasteiger partial charge in [-0.3, -0.25) is 0 Å². The molecule has 0 saturated heterocycles. The van der Waals surface area contributed by atoms with Crippen molar-refractivity contribution in [1.29, 1.82) is 0 Å². The molecule has 16 heavy (non-hydrogen) atoms. The quantitative estimate of drug-likeness (QED) is 0.774. The second-order valence-corrected chi connectivity index (χ2v) is 6.21. The lowest BCUT2D eigenvalue weighted by Crippen LogP contribution is -2.36. The van der Waals surface area contributed by atoms with Crippen LogP contribution in [0.1, 0.15) is 14.5 Å². The third kappa shape index (κ3) is 2.79. The van der Waals surface area contributed by atoms with Crippen molar-refractivity contribution in [3.05, 3.63) is 15.8 Å². The number of hydrazine groups is 1. The van der Waals surface area contributed by atoms with Gasteiger partial charge in [0.2, 0.25) is 0 Å². The van der Waals surface area contributed by atoms with E-state index in [2.05, 4.69) is 4.83 Å². The van der Waals surface area contributed by atoms with E-state index in [-0.39, 0.29) is 9.77 Å². The minimum atomic E-state index is -3.68. The van der Waals surface area contributed by atoms with Gasteiger partial charge in [-0.25, -0.2) is 18.2 Å². The van der Waals surface area contributed by atoms with Gasteiger partial charge in [0, 0.05) is 19.0 Å². The number of thiophene rings is 1. The fourth-order valence-corrected chi connectivity index (χ4v) is 3.64. The predicted octanol–water partition coefficient (Wildman–Crippen LogP) is 0.510. The molecule has 6 nitrogen and oxygen atoms in total. The van der Waals surface area contributed by atoms with Crippen molar-refractivity contribution in [3.63, 3.8) is 0 Å². The van der Waals surface area contributed by atoms with Crippen LogP contribution in [0.25, 0.3) is 0 Å². The molecule has 0 spiro atoms. The predicted molar refractivity (Wildman–Crippen MR) is 60.0 cm³/mol. The highest BCUT2D eigenvalue weighted by Gasteiger charge is 2.22. The van der Waals surface area contributed by atoms with Crippen molar-refractivity contribution in [2.45, 2.75) is 11.8 Å². The Labute approximate surface area is 97.5 Å². The zero-order valence-electron chi connectivity index (χ0n) is 9.01. The normalized spacial score (nSPS) is 12.0. The first-order valence-corrected chi connectivity index (χ1v) is 6.57. The molecule has 0 saturated carbocycles. The van der Waals surface area contributed by atoms with Gasteiger partial charge >= 0.3 is 5.97 Å². The van der Waals surface area contributed by atoms with Gasteiger partial charge < -0.3 is 5.11 Å². The summed E-state index contributed by atoms with van der Waals surface area (Å²) in [4.78, 5) is 13.4. The Bertz CT molecular complexity index is 504. The van der Waals surface area contributed by atoms with Crippen LogP contribution in [0.15, 0.2) is 11.0 Å². The fourth-order valence-electron chi connectivity index (χ4n) is 1.13. The van der Waals surface area contributed by atoms with E-state index >= 15 is 0 Å². The SMILES string of the molecule is Cc1sc(C(=O)O)cc1S(=O)(=O)NN(C)C. The van der Waals surface area contributed by atoms with Crippen LogP contribution in [0, 0.1) is 6.92 Å². The molecule has 0 bridgehead atoms. The van der Waals surface area contributed by atoms with Crippen molar-refractivity contribution in [2.24, 2.45) is 0 Å². The molecule has 8 heteroatoms. The minimum absolute atomic E-state index is 0.00333. The molecule has 0 fully saturated rings. The summed E-state index contributed by atoms with van der Waals surface area (Å²) in [5.74, 6) is -1.13. The average Bonchev–Trinajstić information content (AvgIpc) is 2.45. The van der Waals surface area contributed by atoms with Gasteiger partial charge in [0.05, 0.1) is 4.90 Å². The zero-order chi connectivity index (χ0) is 12.5. The zero-order valence-corrected chi connectivity index (χ0v) is 10.6. The molecule has 0 aliphatic rings. The van der Waals surface area contributed by atoms with Crippen molar-refractivity contribution >= 4 is 27.3 Å². The van der Waals surface area contributed by atoms with Gasteiger partial charge in [-0.1, -0.05) is 0 Å². The Morgan fingerprint density at radius 2 is 2.06 bits per heavy atom. The number of sulfonamides is 1. The monoisotopic (exact) mass is 264 g/mol. The van der Waals surface area contributed by atoms with Gasteiger partial charge in [0.1, 0.15) is 4.88 Å². The molecule has 0 unspecified atom stereocenters. The van der Waals surface area contributed by atoms with Crippen LogP contribution in [-0.4, -0.2) is 38.6 Å². The number of nitrogens with zero attached hydrogens (tertiary/aromatic N) is 1. The molecule has 0 aliphatic heterocycles. The average molecular weight is 264 g/mol. The third-order valence-corrected chi connectivity index (χ3v) is 4.45. The summed E-state index contributed by atoms with van der Waals surface area (Å²) in [7, 11) is -0.602. The number of carbonyl (C=O) groups is 1. The van der Waals surface area contributed by atoms with Crippen LogP contribution in [0.3, 0.4) is 0 Å². The van der Waals surface area contributed by atoms with Gasteiger partial charge in [0.25, 0.3) is 10.0 Å². The van der Waals surface area contributed by atoms with Crippen molar-refractivity contribution in [3.8, 4) is 0 Å². The number of rotatable bonds is 4. The van der Waals surface area contributed by atoms with Gasteiger partial charge in [-0.05, 0) is 13.0 Å². The highest BCUT2D eigenvalue weighted by atomic mass is 32.2. The number of carboxylic acids is 1. The van der Waals surface area contributed by atoms with Crippen LogP contribution in [0.4, 0.5) is 0 Å². The molecular formula is C8H12N2O4S2. The summed E-state index contributed by atoms with van der Waals surface area (Å²) in [6.07, 6.45) is 0. The maximum Gasteiger partial charge on any atom is 0.345 e. The number of aryl methyl sites for hydroxylation is 1. The first kappa shape index (κ1) is 13.1. The Kier molecular flexibility index (Phi) is 3.68. The van der Waals surface area contributed by atoms with Crippen LogP contribution in [0.5, 0.6) is 0 Å². The fraction of sp³-hybridized carbons (Fsp3) is 0.375. The molecule has 1 rings (SSSR count). The Morgan fingerprint density at radius 1 is 1.50 bits per heavy atom. The van der Waals surface area contributed by atoms with E-state index in [1.807, 2.05) is 0 Å². The number of carboxylic acid groups (broad SMARTS) is 1. The van der Waals surface area contributed by atoms with Crippen molar-refractivity contribution in [1.82, 2.24) is 9.84 Å². The van der Waals surface area contributed by atoms with E-state index < -0.39 is 16.0 Å². The lowest BCUT2D eigenvalue weighted by molar-refractivity contribution is 0.0702. The Balaban J connectivity index is 3.18. The minimum Gasteiger partial charge on any atom is -0.477 e. The van der Waals surface area contributed by atoms with E-state index in [0.29, 0.717) is 4.88 Å². The Hall–Kier alpha value is -0.960. The van der Waals surface area contributed by atoms with Gasteiger partial charge in [-0.2, -0.15) is 0 Å². The van der Waals surface area contributed by atoms with Crippen LogP contribution in [-0.2, 0) is 10.0 Å². The molecule has 1 heterocycles. The topological polar surface area (TPSA) is 86.7 Å². The number of aromatic carboxylic acids is 1. The first-order valence-electron chi connectivity index (χ1n) is 4.27. The summed E-state index contributed by atoms with van der Waals surface area (Å²) >= 11 is 0.939. The van der Waals surface area contributed by atoms with Crippen molar-refractivity contribution in [2.75, 3.05) is 14.1 Å². The lowest BCUT2D eigenvalue weighted by Gasteiger charge is -2.11. The summed E-state index contributed by atoms with van der Waals surface area (Å²) < 4.78 is 23.5. The number of hydrogen-bond acceptors (Lipinski definition) is 5. The summed E-state index contributed by atoms with van der Waals surface area (Å²) in [5.41, 5.74) is 0. The van der Waals surface area contributed by atoms with Gasteiger partial charge in [-0.15, -0.1) is 16.2 Å². The van der Waals surface area contributed by atoms with Gasteiger partial charge in [0.15, 0.2) is 0 Å². The standard InChI is InChI=1S/C8H12N2O4S2/c1-5-7(4-6(15-5)8(11)12)16(13,14)9-10(2)3/h4,9H,1-3H3,(H,11,12). The van der Waals surface area contributed by atoms with E-state index in [1.165, 1.54) is 19.1 Å². The molecule has 90 valence electrons. The molecule has 2 N–H and O–H groups in total. The molecule has 0 radical (unpaired) electrons. The largest absolute Gasteiger partial charge is 0.477 e. The highest BCUT2D eigenvalue weighted by molar-refractivity contribution is 7.89. The molecule has 0 amide bonds. The lowest BCUT2D eigenvalue weighted by atomic mass is 10.4. The second-order valence-electron chi connectivity index (χ2n) is 3.33. The molecule has 0 atom stereocenters. The maximum absolute atomic E-state index is 11.8. The first-order chi connectivity index (χ1) is 7.24. The highest BCUT2D eigenvalue weighted by Crippen LogP contribution is 2.25. The van der Waals surface area contributed by atoms with Crippen molar-refractivity contribution < 1.29 is 18.3 Å². The van der Waals surface area contributed by atoms with E-state index in [4.69, 9.17) is 5.11 Å². The Morgan fingerprint density at radius 3 is 2.44 bits per heavy atom. The smallest absolute Gasteiger partial charge is 0.345 e. The molecule has 1 aromatic heterocycles. The summed E-state index contributed by atoms with van der Waals surface area (Å²) in [6.45, 7) is 1.57. The maximum atomic E-state index is 11.8. The number of nitrogens with one attached hydrogen (secondary N) is 1. The number of hydrogen-bond donors (Lipinski definition) is 2. The molecular weight excluding hydrogens is 252 g/mol. The second kappa shape index (κ2) is 4.50. The van der Waals surface area contributed by atoms with Crippen LogP contribution in [0.2, 0.25) is 0 Å². The van der Waals surface area contributed by atoms with Crippen LogP contribution < -0.4 is 4.83 Å². The molecule has 1 aromatic rings. The third-order valence-electron chi connectivity index (χ3n) is 1.68. The van der Waals surface area contributed by atoms with E-state index in [0.717, 1.165) is 17.4 Å². The van der Waals surface area contributed by atoms with E-state index in [9.17, 15) is 13.2 Å². The molecule has 0 aromatic carbocycles. The summed E-state index contributed by atoms with van der Waals surface area (Å²) in [6, 6.07) is 1.16. The molecule has 0 aliphatic carbocycles.